The Morgan fingerprint density at radius 1 is 1.62 bits per heavy atom. The van der Waals surface area contributed by atoms with Gasteiger partial charge in [-0.25, -0.2) is 0 Å². The molecule has 4 nitrogen and oxygen atoms in total. The zero-order chi connectivity index (χ0) is 11.5. The van der Waals surface area contributed by atoms with Gasteiger partial charge in [0, 0.05) is 26.4 Å². The Kier molecular flexibility index (Phi) is 3.41. The van der Waals surface area contributed by atoms with Gasteiger partial charge in [0.25, 0.3) is 0 Å². The van der Waals surface area contributed by atoms with Crippen LogP contribution in [0.25, 0.3) is 0 Å². The predicted molar refractivity (Wildman–Crippen MR) is 64.4 cm³/mol. The van der Waals surface area contributed by atoms with Gasteiger partial charge in [0.15, 0.2) is 0 Å². The lowest BCUT2D eigenvalue weighted by molar-refractivity contribution is 0.118. The minimum Gasteiger partial charge on any atom is -0.376 e. The maximum Gasteiger partial charge on any atom is 0.0772 e. The fraction of sp³-hybridized carbons (Fsp3) is 0.583. The monoisotopic (exact) mass is 221 g/mol. The third kappa shape index (κ3) is 2.03. The van der Waals surface area contributed by atoms with E-state index in [1.165, 1.54) is 0 Å². The predicted octanol–water partition coefficient (Wildman–Crippen LogP) is 1.15. The van der Waals surface area contributed by atoms with Crippen LogP contribution in [0.5, 0.6) is 0 Å². The summed E-state index contributed by atoms with van der Waals surface area (Å²) in [5, 5.41) is 0. The summed E-state index contributed by atoms with van der Waals surface area (Å²) in [6.45, 7) is 3.43. The van der Waals surface area contributed by atoms with E-state index in [9.17, 15) is 0 Å². The Hall–Kier alpha value is -1.13. The van der Waals surface area contributed by atoms with Crippen LogP contribution in [0, 0.1) is 0 Å². The van der Waals surface area contributed by atoms with Crippen LogP contribution >= 0.6 is 0 Å². The molecule has 1 saturated heterocycles. The second kappa shape index (κ2) is 4.80. The van der Waals surface area contributed by atoms with E-state index in [0.717, 1.165) is 24.4 Å². The Labute approximate surface area is 96.4 Å². The maximum atomic E-state index is 5.70. The molecule has 0 saturated carbocycles. The van der Waals surface area contributed by atoms with Crippen molar-refractivity contribution in [1.29, 1.82) is 0 Å². The van der Waals surface area contributed by atoms with Gasteiger partial charge >= 0.3 is 0 Å². The molecule has 0 amide bonds. The molecule has 0 spiro atoms. The fourth-order valence-corrected chi connectivity index (χ4v) is 2.32. The number of anilines is 1. The zero-order valence-corrected chi connectivity index (χ0v) is 9.89. The van der Waals surface area contributed by atoms with Crippen LogP contribution < -0.4 is 10.6 Å². The Morgan fingerprint density at radius 3 is 3.06 bits per heavy atom. The van der Waals surface area contributed by atoms with E-state index in [2.05, 4.69) is 29.9 Å². The highest BCUT2D eigenvalue weighted by molar-refractivity contribution is 5.51. The van der Waals surface area contributed by atoms with Crippen molar-refractivity contribution in [3.63, 3.8) is 0 Å². The third-order valence-electron chi connectivity index (χ3n) is 3.27. The van der Waals surface area contributed by atoms with Crippen LogP contribution in [0.4, 0.5) is 5.69 Å². The first-order valence-corrected chi connectivity index (χ1v) is 5.72. The van der Waals surface area contributed by atoms with E-state index in [4.69, 9.17) is 10.5 Å². The lowest BCUT2D eigenvalue weighted by Gasteiger charge is -2.29. The number of nitrogens with two attached hydrogens (primary N) is 1. The number of pyridine rings is 1. The number of hydrogen-bond donors (Lipinski definition) is 1. The van der Waals surface area contributed by atoms with Crippen LogP contribution in [-0.4, -0.2) is 30.8 Å². The van der Waals surface area contributed by atoms with Gasteiger partial charge in [0.1, 0.15) is 0 Å². The van der Waals surface area contributed by atoms with E-state index in [1.54, 1.807) is 6.20 Å². The molecule has 0 bridgehead atoms. The highest BCUT2D eigenvalue weighted by Gasteiger charge is 2.28. The molecule has 0 radical (unpaired) electrons. The first-order valence-electron chi connectivity index (χ1n) is 5.72. The van der Waals surface area contributed by atoms with Gasteiger partial charge in [0.2, 0.25) is 0 Å². The zero-order valence-electron chi connectivity index (χ0n) is 9.89. The average molecular weight is 221 g/mol. The van der Waals surface area contributed by atoms with Gasteiger partial charge < -0.3 is 15.4 Å². The topological polar surface area (TPSA) is 51.4 Å². The van der Waals surface area contributed by atoms with E-state index in [1.807, 2.05) is 6.07 Å². The van der Waals surface area contributed by atoms with Crippen molar-refractivity contribution < 1.29 is 4.74 Å². The molecule has 88 valence electrons. The van der Waals surface area contributed by atoms with Gasteiger partial charge in [-0.1, -0.05) is 0 Å². The van der Waals surface area contributed by atoms with Crippen LogP contribution in [-0.2, 0) is 11.3 Å². The van der Waals surface area contributed by atoms with Crippen molar-refractivity contribution in [1.82, 2.24) is 4.98 Å². The van der Waals surface area contributed by atoms with Crippen molar-refractivity contribution in [2.24, 2.45) is 5.73 Å². The SMILES string of the molecule is CC1OCCC1N(C)c1cccnc1CN. The molecule has 1 aliphatic heterocycles. The number of aromatic nitrogens is 1. The molecule has 4 heteroatoms. The average Bonchev–Trinajstić information content (AvgIpc) is 2.74. The minimum atomic E-state index is 0.274. The van der Waals surface area contributed by atoms with E-state index < -0.39 is 0 Å². The number of likely N-dealkylation sites (N-methyl/N-ethyl adjacent to an activating group) is 1. The van der Waals surface area contributed by atoms with Gasteiger partial charge in [-0.3, -0.25) is 4.98 Å². The van der Waals surface area contributed by atoms with Crippen molar-refractivity contribution >= 4 is 5.69 Å². The molecule has 1 aromatic heterocycles. The quantitative estimate of drug-likeness (QED) is 0.832. The molecule has 1 aromatic rings. The summed E-state index contributed by atoms with van der Waals surface area (Å²) in [7, 11) is 2.09. The molecule has 1 aliphatic rings. The summed E-state index contributed by atoms with van der Waals surface area (Å²) in [5.41, 5.74) is 7.77. The lowest BCUT2D eigenvalue weighted by atomic mass is 10.1. The molecular weight excluding hydrogens is 202 g/mol. The second-order valence-corrected chi connectivity index (χ2v) is 4.22. The number of nitrogens with zero attached hydrogens (tertiary/aromatic N) is 2. The fourth-order valence-electron chi connectivity index (χ4n) is 2.32. The molecule has 2 unspecified atom stereocenters. The minimum absolute atomic E-state index is 0.274. The summed E-state index contributed by atoms with van der Waals surface area (Å²) < 4.78 is 5.59. The third-order valence-corrected chi connectivity index (χ3v) is 3.27. The van der Waals surface area contributed by atoms with Crippen molar-refractivity contribution in [2.75, 3.05) is 18.6 Å². The summed E-state index contributed by atoms with van der Waals surface area (Å²) in [6, 6.07) is 4.45. The van der Waals surface area contributed by atoms with Crippen LogP contribution in [0.1, 0.15) is 19.0 Å². The smallest absolute Gasteiger partial charge is 0.0772 e. The molecule has 0 aliphatic carbocycles. The van der Waals surface area contributed by atoms with Gasteiger partial charge in [-0.15, -0.1) is 0 Å². The van der Waals surface area contributed by atoms with E-state index in [-0.39, 0.29) is 6.10 Å². The van der Waals surface area contributed by atoms with Crippen LogP contribution in [0.2, 0.25) is 0 Å². The highest BCUT2D eigenvalue weighted by Crippen LogP contribution is 2.25. The summed E-state index contributed by atoms with van der Waals surface area (Å²) in [6.07, 6.45) is 3.13. The molecule has 2 heterocycles. The molecule has 2 atom stereocenters. The Balaban J connectivity index is 2.22. The molecule has 2 N–H and O–H groups in total. The second-order valence-electron chi connectivity index (χ2n) is 4.22. The number of rotatable bonds is 3. The Morgan fingerprint density at radius 2 is 2.44 bits per heavy atom. The summed E-state index contributed by atoms with van der Waals surface area (Å²) >= 11 is 0. The van der Waals surface area contributed by atoms with Gasteiger partial charge in [0.05, 0.1) is 23.5 Å². The highest BCUT2D eigenvalue weighted by atomic mass is 16.5. The van der Waals surface area contributed by atoms with Crippen molar-refractivity contribution in [3.05, 3.63) is 24.0 Å². The maximum absolute atomic E-state index is 5.70. The Bertz CT molecular complexity index is 356. The summed E-state index contributed by atoms with van der Waals surface area (Å²) in [4.78, 5) is 6.55. The molecule has 1 fully saturated rings. The first-order chi connectivity index (χ1) is 7.74. The number of hydrogen-bond acceptors (Lipinski definition) is 4. The van der Waals surface area contributed by atoms with Crippen molar-refractivity contribution in [2.45, 2.75) is 32.0 Å². The standard InChI is InChI=1S/C12H19N3O/c1-9-11(5-7-16-9)15(2)12-4-3-6-14-10(12)8-13/h3-4,6,9,11H,5,7-8,13H2,1-2H3. The number of ether oxygens (including phenoxy) is 1. The molecule has 2 rings (SSSR count). The van der Waals surface area contributed by atoms with Crippen LogP contribution in [0.15, 0.2) is 18.3 Å². The van der Waals surface area contributed by atoms with Crippen LogP contribution in [0.3, 0.4) is 0 Å². The normalized spacial score (nSPS) is 24.7. The molecule has 0 aromatic carbocycles. The van der Waals surface area contributed by atoms with E-state index in [0.29, 0.717) is 12.6 Å². The molecular formula is C12H19N3O. The van der Waals surface area contributed by atoms with Gasteiger partial charge in [-0.2, -0.15) is 0 Å². The largest absolute Gasteiger partial charge is 0.376 e. The summed E-state index contributed by atoms with van der Waals surface area (Å²) in [5.74, 6) is 0. The van der Waals surface area contributed by atoms with E-state index >= 15 is 0 Å². The first kappa shape index (κ1) is 11.4. The van der Waals surface area contributed by atoms with Gasteiger partial charge in [-0.05, 0) is 25.5 Å². The lowest BCUT2D eigenvalue weighted by Crippen LogP contribution is -2.37. The van der Waals surface area contributed by atoms with Crippen molar-refractivity contribution in [3.8, 4) is 0 Å². The molecule has 16 heavy (non-hydrogen) atoms.